The summed E-state index contributed by atoms with van der Waals surface area (Å²) in [5, 5.41) is 1.04. The highest BCUT2D eigenvalue weighted by Crippen LogP contribution is 2.27. The molecule has 0 aliphatic heterocycles. The van der Waals surface area contributed by atoms with E-state index in [9.17, 15) is 9.59 Å². The van der Waals surface area contributed by atoms with Crippen molar-refractivity contribution in [2.24, 2.45) is 5.84 Å². The standard InChI is InChI=1S/C11H9BrClN5O2/c1-6(19)18(14)10-15-5-17(11(20)16-10)9-7(12)3-2-4-8(9)13/h2-5H,14H2,1H3. The molecule has 0 bridgehead atoms. The molecule has 104 valence electrons. The van der Waals surface area contributed by atoms with E-state index in [0.717, 1.165) is 4.57 Å². The Bertz CT molecular complexity index is 713. The molecule has 0 saturated heterocycles. The molecule has 9 heteroatoms. The monoisotopic (exact) mass is 357 g/mol. The van der Waals surface area contributed by atoms with E-state index >= 15 is 0 Å². The second-order valence-corrected chi connectivity index (χ2v) is 5.03. The van der Waals surface area contributed by atoms with Crippen molar-refractivity contribution in [3.05, 3.63) is 44.5 Å². The fourth-order valence-corrected chi connectivity index (χ4v) is 2.39. The molecule has 0 spiro atoms. The maximum Gasteiger partial charge on any atom is 0.356 e. The lowest BCUT2D eigenvalue weighted by Crippen LogP contribution is -2.39. The number of nitrogens with zero attached hydrogens (tertiary/aromatic N) is 4. The van der Waals surface area contributed by atoms with Gasteiger partial charge in [-0.15, -0.1) is 0 Å². The van der Waals surface area contributed by atoms with E-state index in [0.29, 0.717) is 20.2 Å². The predicted octanol–water partition coefficient (Wildman–Crippen LogP) is 1.27. The quantitative estimate of drug-likeness (QED) is 0.496. The van der Waals surface area contributed by atoms with Crippen LogP contribution in [0.5, 0.6) is 0 Å². The van der Waals surface area contributed by atoms with Gasteiger partial charge in [-0.25, -0.2) is 25.2 Å². The molecule has 0 unspecified atom stereocenters. The number of hydrogen-bond donors (Lipinski definition) is 1. The first-order valence-electron chi connectivity index (χ1n) is 5.37. The molecule has 2 rings (SSSR count). The highest BCUT2D eigenvalue weighted by molar-refractivity contribution is 9.10. The molecule has 0 atom stereocenters. The summed E-state index contributed by atoms with van der Waals surface area (Å²) in [4.78, 5) is 30.6. The zero-order valence-corrected chi connectivity index (χ0v) is 12.6. The third-order valence-electron chi connectivity index (χ3n) is 2.42. The summed E-state index contributed by atoms with van der Waals surface area (Å²) in [6, 6.07) is 5.09. The molecule has 0 fully saturated rings. The predicted molar refractivity (Wildman–Crippen MR) is 77.7 cm³/mol. The minimum absolute atomic E-state index is 0.179. The first kappa shape index (κ1) is 14.6. The van der Waals surface area contributed by atoms with Gasteiger partial charge in [0.1, 0.15) is 6.33 Å². The van der Waals surface area contributed by atoms with E-state index in [2.05, 4.69) is 25.9 Å². The number of aromatic nitrogens is 3. The van der Waals surface area contributed by atoms with Gasteiger partial charge >= 0.3 is 5.69 Å². The SMILES string of the molecule is CC(=O)N(N)c1ncn(-c2c(Cl)cccc2Br)c(=O)n1. The van der Waals surface area contributed by atoms with Crippen LogP contribution in [-0.4, -0.2) is 20.4 Å². The van der Waals surface area contributed by atoms with Crippen LogP contribution in [0, 0.1) is 0 Å². The third-order valence-corrected chi connectivity index (χ3v) is 3.37. The molecule has 0 aliphatic rings. The van der Waals surface area contributed by atoms with E-state index in [1.807, 2.05) is 0 Å². The zero-order chi connectivity index (χ0) is 14.9. The van der Waals surface area contributed by atoms with Gasteiger partial charge < -0.3 is 0 Å². The topological polar surface area (TPSA) is 94.1 Å². The molecule has 0 radical (unpaired) electrons. The number of carbonyl (C=O) groups excluding carboxylic acids is 1. The fraction of sp³-hybridized carbons (Fsp3) is 0.0909. The maximum absolute atomic E-state index is 12.0. The van der Waals surface area contributed by atoms with Crippen LogP contribution in [0.2, 0.25) is 5.02 Å². The van der Waals surface area contributed by atoms with Crippen LogP contribution in [0.25, 0.3) is 5.69 Å². The van der Waals surface area contributed by atoms with Gasteiger partial charge in [-0.2, -0.15) is 4.98 Å². The Morgan fingerprint density at radius 2 is 2.20 bits per heavy atom. The molecule has 0 aliphatic carbocycles. The molecule has 2 aromatic rings. The number of benzene rings is 1. The van der Waals surface area contributed by atoms with Crippen LogP contribution in [0.3, 0.4) is 0 Å². The van der Waals surface area contributed by atoms with Crippen molar-refractivity contribution < 1.29 is 4.79 Å². The van der Waals surface area contributed by atoms with E-state index < -0.39 is 11.6 Å². The molecule has 1 heterocycles. The average Bonchev–Trinajstić information content (AvgIpc) is 2.39. The third kappa shape index (κ3) is 2.72. The lowest BCUT2D eigenvalue weighted by molar-refractivity contribution is -0.116. The Morgan fingerprint density at radius 3 is 2.75 bits per heavy atom. The van der Waals surface area contributed by atoms with Gasteiger partial charge in [0.25, 0.3) is 5.95 Å². The van der Waals surface area contributed by atoms with E-state index in [1.54, 1.807) is 18.2 Å². The molecular formula is C11H9BrClN5O2. The summed E-state index contributed by atoms with van der Waals surface area (Å²) in [5.41, 5.74) is -0.238. The number of amides is 1. The number of nitrogens with two attached hydrogens (primary N) is 1. The van der Waals surface area contributed by atoms with E-state index in [1.165, 1.54) is 13.3 Å². The highest BCUT2D eigenvalue weighted by atomic mass is 79.9. The fourth-order valence-electron chi connectivity index (χ4n) is 1.46. The summed E-state index contributed by atoms with van der Waals surface area (Å²) in [6.07, 6.45) is 1.21. The number of halogens is 2. The van der Waals surface area contributed by atoms with Gasteiger partial charge in [0, 0.05) is 11.4 Å². The van der Waals surface area contributed by atoms with Gasteiger partial charge in [0.05, 0.1) is 10.7 Å². The first-order valence-corrected chi connectivity index (χ1v) is 6.54. The Hall–Kier alpha value is -1.77. The van der Waals surface area contributed by atoms with Crippen molar-refractivity contribution in [2.45, 2.75) is 6.92 Å². The second kappa shape index (κ2) is 5.70. The van der Waals surface area contributed by atoms with Crippen LogP contribution in [-0.2, 0) is 4.79 Å². The van der Waals surface area contributed by atoms with Crippen LogP contribution < -0.4 is 16.5 Å². The Kier molecular flexibility index (Phi) is 4.17. The van der Waals surface area contributed by atoms with Crippen molar-refractivity contribution in [1.82, 2.24) is 14.5 Å². The van der Waals surface area contributed by atoms with Gasteiger partial charge in [0.15, 0.2) is 0 Å². The van der Waals surface area contributed by atoms with Crippen molar-refractivity contribution in [3.63, 3.8) is 0 Å². The normalized spacial score (nSPS) is 10.4. The largest absolute Gasteiger partial charge is 0.356 e. The Labute approximate surface area is 127 Å². The van der Waals surface area contributed by atoms with Gasteiger partial charge in [0.2, 0.25) is 5.91 Å². The zero-order valence-electron chi connectivity index (χ0n) is 10.2. The number of anilines is 1. The minimum Gasteiger partial charge on any atom is -0.273 e. The summed E-state index contributed by atoms with van der Waals surface area (Å²) in [7, 11) is 0. The number of hydrazine groups is 1. The summed E-state index contributed by atoms with van der Waals surface area (Å²) in [5.74, 6) is 4.77. The van der Waals surface area contributed by atoms with Crippen LogP contribution in [0.1, 0.15) is 6.92 Å². The molecule has 20 heavy (non-hydrogen) atoms. The van der Waals surface area contributed by atoms with Gasteiger partial charge in [-0.05, 0) is 28.1 Å². The number of carbonyl (C=O) groups is 1. The number of rotatable bonds is 2. The van der Waals surface area contributed by atoms with E-state index in [-0.39, 0.29) is 5.95 Å². The van der Waals surface area contributed by atoms with Crippen molar-refractivity contribution in [2.75, 3.05) is 5.01 Å². The summed E-state index contributed by atoms with van der Waals surface area (Å²) < 4.78 is 1.77. The maximum atomic E-state index is 12.0. The van der Waals surface area contributed by atoms with Crippen LogP contribution in [0.15, 0.2) is 33.8 Å². The minimum atomic E-state index is -0.652. The lowest BCUT2D eigenvalue weighted by atomic mass is 10.3. The van der Waals surface area contributed by atoms with Crippen molar-refractivity contribution >= 4 is 39.4 Å². The molecule has 1 aromatic heterocycles. The summed E-state index contributed by atoms with van der Waals surface area (Å²) in [6.45, 7) is 1.24. The number of para-hydroxylation sites is 1. The average molecular weight is 359 g/mol. The highest BCUT2D eigenvalue weighted by Gasteiger charge is 2.14. The lowest BCUT2D eigenvalue weighted by Gasteiger charge is -2.13. The molecule has 2 N–H and O–H groups in total. The van der Waals surface area contributed by atoms with Gasteiger partial charge in [-0.3, -0.25) is 4.79 Å². The van der Waals surface area contributed by atoms with Crippen LogP contribution in [0.4, 0.5) is 5.95 Å². The van der Waals surface area contributed by atoms with Crippen molar-refractivity contribution in [1.29, 1.82) is 0 Å². The molecule has 1 aromatic carbocycles. The van der Waals surface area contributed by atoms with Crippen molar-refractivity contribution in [3.8, 4) is 5.69 Å². The van der Waals surface area contributed by atoms with E-state index in [4.69, 9.17) is 17.4 Å². The molecule has 7 nitrogen and oxygen atoms in total. The second-order valence-electron chi connectivity index (χ2n) is 3.77. The molecule has 1 amide bonds. The molecular weight excluding hydrogens is 350 g/mol. The van der Waals surface area contributed by atoms with Gasteiger partial charge in [-0.1, -0.05) is 17.7 Å². The smallest absolute Gasteiger partial charge is 0.273 e. The molecule has 0 saturated carbocycles. The Morgan fingerprint density at radius 1 is 1.50 bits per heavy atom. The van der Waals surface area contributed by atoms with Crippen LogP contribution >= 0.6 is 27.5 Å². The number of hydrogen-bond acceptors (Lipinski definition) is 5. The summed E-state index contributed by atoms with van der Waals surface area (Å²) >= 11 is 9.35. The Balaban J connectivity index is 2.56. The first-order chi connectivity index (χ1) is 9.41.